The van der Waals surface area contributed by atoms with Gasteiger partial charge in [-0.05, 0) is 43.3 Å². The topological polar surface area (TPSA) is 58.7 Å². The summed E-state index contributed by atoms with van der Waals surface area (Å²) >= 11 is 7.36. The predicted octanol–water partition coefficient (Wildman–Crippen LogP) is 4.29. The molecule has 0 spiro atoms. The van der Waals surface area contributed by atoms with Crippen molar-refractivity contribution in [2.75, 3.05) is 5.75 Å². The van der Waals surface area contributed by atoms with Gasteiger partial charge in [-0.15, -0.1) is 0 Å². The van der Waals surface area contributed by atoms with Crippen LogP contribution >= 0.6 is 23.4 Å². The van der Waals surface area contributed by atoms with Gasteiger partial charge in [0.1, 0.15) is 0 Å². The normalized spacial score (nSPS) is 12.0. The fraction of sp³-hybridized carbons (Fsp3) is 0.167. The van der Waals surface area contributed by atoms with E-state index in [1.165, 1.54) is 11.8 Å². The Morgan fingerprint density at radius 1 is 1.25 bits per heavy atom. The first-order valence-electron chi connectivity index (χ1n) is 7.40. The molecule has 0 unspecified atom stereocenters. The van der Waals surface area contributed by atoms with Crippen LogP contribution in [0.4, 0.5) is 0 Å². The van der Waals surface area contributed by atoms with Crippen LogP contribution in [0.3, 0.4) is 0 Å². The van der Waals surface area contributed by atoms with Crippen LogP contribution in [0.5, 0.6) is 0 Å². The highest BCUT2D eigenvalue weighted by Gasteiger charge is 2.14. The van der Waals surface area contributed by atoms with Crippen LogP contribution in [0, 0.1) is 17.2 Å². The molecule has 3 aromatic rings. The number of rotatable bonds is 4. The molecule has 0 saturated heterocycles. The van der Waals surface area contributed by atoms with Gasteiger partial charge in [0.05, 0.1) is 28.6 Å². The Morgan fingerprint density at radius 3 is 2.67 bits per heavy atom. The molecule has 1 aromatic heterocycles. The molecule has 0 aliphatic rings. The van der Waals surface area contributed by atoms with Crippen LogP contribution in [-0.4, -0.2) is 15.3 Å². The lowest BCUT2D eigenvalue weighted by Gasteiger charge is -2.13. The van der Waals surface area contributed by atoms with Gasteiger partial charge in [-0.3, -0.25) is 9.36 Å². The number of aromatic nitrogens is 2. The summed E-state index contributed by atoms with van der Waals surface area (Å²) in [6, 6.07) is 16.5. The highest BCUT2D eigenvalue weighted by molar-refractivity contribution is 7.99. The monoisotopic (exact) mass is 355 g/mol. The molecule has 6 heteroatoms. The maximum Gasteiger partial charge on any atom is 0.266 e. The van der Waals surface area contributed by atoms with Gasteiger partial charge in [0, 0.05) is 10.8 Å². The highest BCUT2D eigenvalue weighted by atomic mass is 35.5. The summed E-state index contributed by atoms with van der Waals surface area (Å²) in [7, 11) is 0. The van der Waals surface area contributed by atoms with Crippen LogP contribution in [0.2, 0.25) is 5.02 Å². The van der Waals surface area contributed by atoms with Gasteiger partial charge in [-0.2, -0.15) is 5.26 Å². The van der Waals surface area contributed by atoms with E-state index in [9.17, 15) is 4.79 Å². The number of halogens is 1. The summed E-state index contributed by atoms with van der Waals surface area (Å²) in [5, 5.41) is 10.7. The quantitative estimate of drug-likeness (QED) is 0.517. The summed E-state index contributed by atoms with van der Waals surface area (Å²) in [6.07, 6.45) is 0. The zero-order valence-corrected chi connectivity index (χ0v) is 14.5. The zero-order valence-electron chi connectivity index (χ0n) is 12.9. The maximum absolute atomic E-state index is 13.0. The van der Waals surface area contributed by atoms with Crippen molar-refractivity contribution in [3.05, 3.63) is 63.9 Å². The second-order valence-electron chi connectivity index (χ2n) is 5.37. The highest BCUT2D eigenvalue weighted by Crippen LogP contribution is 2.23. The molecule has 24 heavy (non-hydrogen) atoms. The number of para-hydroxylation sites is 1. The number of nitriles is 1. The minimum absolute atomic E-state index is 0.128. The van der Waals surface area contributed by atoms with Crippen molar-refractivity contribution in [2.45, 2.75) is 12.1 Å². The first-order valence-corrected chi connectivity index (χ1v) is 8.76. The summed E-state index contributed by atoms with van der Waals surface area (Å²) in [4.78, 5) is 17.6. The van der Waals surface area contributed by atoms with Gasteiger partial charge >= 0.3 is 0 Å². The third-order valence-corrected chi connectivity index (χ3v) is 4.96. The first kappa shape index (κ1) is 16.6. The first-order chi connectivity index (χ1) is 11.6. The summed E-state index contributed by atoms with van der Waals surface area (Å²) < 4.78 is 1.58. The number of nitrogens with zero attached hydrogens (tertiary/aromatic N) is 3. The molecule has 1 heterocycles. The van der Waals surface area contributed by atoms with Crippen LogP contribution < -0.4 is 5.56 Å². The summed E-state index contributed by atoms with van der Waals surface area (Å²) in [6.45, 7) is 1.85. The van der Waals surface area contributed by atoms with E-state index in [1.807, 2.05) is 25.1 Å². The van der Waals surface area contributed by atoms with Gasteiger partial charge < -0.3 is 0 Å². The smallest absolute Gasteiger partial charge is 0.266 e. The largest absolute Gasteiger partial charge is 0.268 e. The van der Waals surface area contributed by atoms with Gasteiger partial charge in [0.2, 0.25) is 0 Å². The van der Waals surface area contributed by atoms with Gasteiger partial charge in [0.15, 0.2) is 5.16 Å². The fourth-order valence-electron chi connectivity index (χ4n) is 2.26. The van der Waals surface area contributed by atoms with Crippen LogP contribution in [0.15, 0.2) is 58.5 Å². The molecule has 120 valence electrons. The fourth-order valence-corrected chi connectivity index (χ4v) is 3.34. The van der Waals surface area contributed by atoms with Gasteiger partial charge in [-0.1, -0.05) is 35.5 Å². The SMILES string of the molecule is C[C@@H](C#N)CSc1nc2ccccc2c(=O)n1-c1ccc(Cl)cc1. The van der Waals surface area contributed by atoms with Crippen molar-refractivity contribution < 1.29 is 0 Å². The molecule has 0 saturated carbocycles. The molecule has 0 radical (unpaired) electrons. The van der Waals surface area contributed by atoms with E-state index in [4.69, 9.17) is 16.9 Å². The van der Waals surface area contributed by atoms with E-state index >= 15 is 0 Å². The van der Waals surface area contributed by atoms with Crippen LogP contribution in [-0.2, 0) is 0 Å². The average Bonchev–Trinajstić information content (AvgIpc) is 2.61. The lowest BCUT2D eigenvalue weighted by molar-refractivity contribution is 0.807. The van der Waals surface area contributed by atoms with E-state index < -0.39 is 0 Å². The average molecular weight is 356 g/mol. The Bertz CT molecular complexity index is 976. The van der Waals surface area contributed by atoms with E-state index in [1.54, 1.807) is 34.9 Å². The summed E-state index contributed by atoms with van der Waals surface area (Å²) in [5.74, 6) is 0.437. The van der Waals surface area contributed by atoms with Crippen molar-refractivity contribution in [1.82, 2.24) is 9.55 Å². The van der Waals surface area contributed by atoms with E-state index in [-0.39, 0.29) is 11.5 Å². The van der Waals surface area contributed by atoms with Crippen molar-refractivity contribution in [3.63, 3.8) is 0 Å². The molecule has 0 aliphatic heterocycles. The third kappa shape index (κ3) is 3.30. The van der Waals surface area contributed by atoms with Crippen molar-refractivity contribution >= 4 is 34.3 Å². The number of hydrogen-bond donors (Lipinski definition) is 0. The van der Waals surface area contributed by atoms with E-state index in [0.29, 0.717) is 32.5 Å². The number of fused-ring (bicyclic) bond motifs is 1. The molecule has 4 nitrogen and oxygen atoms in total. The molecule has 0 fully saturated rings. The summed E-state index contributed by atoms with van der Waals surface area (Å²) in [5.41, 5.74) is 1.23. The van der Waals surface area contributed by atoms with E-state index in [0.717, 1.165) is 0 Å². The third-order valence-electron chi connectivity index (χ3n) is 3.51. The van der Waals surface area contributed by atoms with Crippen LogP contribution in [0.1, 0.15) is 6.92 Å². The van der Waals surface area contributed by atoms with Gasteiger partial charge in [-0.25, -0.2) is 4.98 Å². The second kappa shape index (κ2) is 7.08. The molecule has 0 aliphatic carbocycles. The zero-order chi connectivity index (χ0) is 17.1. The Kier molecular flexibility index (Phi) is 4.89. The number of hydrogen-bond acceptors (Lipinski definition) is 4. The Hall–Kier alpha value is -2.29. The number of thioether (sulfide) groups is 1. The Labute approximate surface area is 148 Å². The van der Waals surface area contributed by atoms with Gasteiger partial charge in [0.25, 0.3) is 5.56 Å². The minimum Gasteiger partial charge on any atom is -0.268 e. The van der Waals surface area contributed by atoms with Crippen molar-refractivity contribution in [2.24, 2.45) is 5.92 Å². The molecule has 3 rings (SSSR count). The number of benzene rings is 2. The lowest BCUT2D eigenvalue weighted by Crippen LogP contribution is -2.22. The van der Waals surface area contributed by atoms with Crippen LogP contribution in [0.25, 0.3) is 16.6 Å². The molecule has 0 bridgehead atoms. The Morgan fingerprint density at radius 2 is 1.96 bits per heavy atom. The molecule has 2 aromatic carbocycles. The molecular weight excluding hydrogens is 342 g/mol. The predicted molar refractivity (Wildman–Crippen MR) is 97.9 cm³/mol. The standard InChI is InChI=1S/C18H14ClN3OS/c1-12(10-20)11-24-18-21-16-5-3-2-4-15(16)17(23)22(18)14-8-6-13(19)7-9-14/h2-9,12H,11H2,1H3/t12-/m0/s1. The lowest BCUT2D eigenvalue weighted by atomic mass is 10.2. The second-order valence-corrected chi connectivity index (χ2v) is 6.79. The minimum atomic E-state index is -0.130. The molecule has 0 N–H and O–H groups in total. The van der Waals surface area contributed by atoms with Crippen molar-refractivity contribution in [1.29, 1.82) is 5.26 Å². The van der Waals surface area contributed by atoms with E-state index in [2.05, 4.69) is 11.1 Å². The Balaban J connectivity index is 2.19. The molecular formula is C18H14ClN3OS. The molecule has 1 atom stereocenters. The van der Waals surface area contributed by atoms with Crippen molar-refractivity contribution in [3.8, 4) is 11.8 Å². The molecule has 0 amide bonds. The maximum atomic E-state index is 13.0.